The Labute approximate surface area is 232 Å². The second kappa shape index (κ2) is 10.6. The molecule has 0 radical (unpaired) electrons. The van der Waals surface area contributed by atoms with Crippen molar-refractivity contribution >= 4 is 29.2 Å². The van der Waals surface area contributed by atoms with Gasteiger partial charge in [0.1, 0.15) is 5.84 Å². The summed E-state index contributed by atoms with van der Waals surface area (Å²) in [7, 11) is 1.51. The Morgan fingerprint density at radius 3 is 2.30 bits per heavy atom. The number of nitrogen functional groups attached to an aromatic ring is 1. The topological polar surface area (TPSA) is 140 Å². The minimum Gasteiger partial charge on any atom is -0.478 e. The maximum Gasteiger partial charge on any atom is 0.336 e. The Balaban J connectivity index is 1.77. The van der Waals surface area contributed by atoms with Crippen molar-refractivity contribution in [3.05, 3.63) is 119 Å². The van der Waals surface area contributed by atoms with Crippen LogP contribution in [0.3, 0.4) is 0 Å². The lowest BCUT2D eigenvalue weighted by Gasteiger charge is -2.43. The number of hydrogen-bond acceptors (Lipinski definition) is 4. The van der Waals surface area contributed by atoms with Gasteiger partial charge in [-0.3, -0.25) is 5.41 Å². The van der Waals surface area contributed by atoms with E-state index in [1.165, 1.54) is 7.05 Å². The Kier molecular flexibility index (Phi) is 7.00. The molecule has 5 rings (SSSR count). The molecule has 40 heavy (non-hydrogen) atoms. The van der Waals surface area contributed by atoms with Gasteiger partial charge in [-0.2, -0.15) is 0 Å². The number of amidine groups is 1. The van der Waals surface area contributed by atoms with E-state index in [2.05, 4.69) is 35.0 Å². The summed E-state index contributed by atoms with van der Waals surface area (Å²) in [5.41, 5.74) is 11.0. The number of amides is 2. The van der Waals surface area contributed by atoms with Crippen LogP contribution in [0.5, 0.6) is 0 Å². The number of urea groups is 1. The molecule has 1 heterocycles. The Morgan fingerprint density at radius 1 is 1.00 bits per heavy atom. The predicted octanol–water partition coefficient (Wildman–Crippen LogP) is 5.95. The van der Waals surface area contributed by atoms with Gasteiger partial charge >= 0.3 is 12.0 Å². The van der Waals surface area contributed by atoms with Crippen molar-refractivity contribution in [3.63, 3.8) is 0 Å². The quantitative estimate of drug-likeness (QED) is 0.134. The van der Waals surface area contributed by atoms with Gasteiger partial charge in [0.2, 0.25) is 0 Å². The van der Waals surface area contributed by atoms with Gasteiger partial charge in [-0.15, -0.1) is 0 Å². The smallest absolute Gasteiger partial charge is 0.336 e. The first-order valence-electron chi connectivity index (χ1n) is 13.0. The molecule has 8 nitrogen and oxygen atoms in total. The largest absolute Gasteiger partial charge is 0.478 e. The number of anilines is 2. The normalized spacial score (nSPS) is 17.7. The zero-order chi connectivity index (χ0) is 28.4. The molecule has 0 aromatic heterocycles. The molecule has 0 saturated heterocycles. The number of carbonyl (C=O) groups excluding carboxylic acids is 1. The molecule has 7 N–H and O–H groups in total. The summed E-state index contributed by atoms with van der Waals surface area (Å²) in [6.07, 6.45) is 0.478. The molecule has 0 spiro atoms. The first kappa shape index (κ1) is 26.5. The number of fused-ring (bicyclic) bond motifs is 1. The van der Waals surface area contributed by atoms with Crippen molar-refractivity contribution in [3.8, 4) is 11.1 Å². The van der Waals surface area contributed by atoms with Crippen LogP contribution in [0.4, 0.5) is 16.2 Å². The highest BCUT2D eigenvalue weighted by Gasteiger charge is 2.41. The molecule has 2 amide bonds. The van der Waals surface area contributed by atoms with Crippen LogP contribution in [0.25, 0.3) is 11.1 Å². The van der Waals surface area contributed by atoms with Crippen molar-refractivity contribution < 1.29 is 14.7 Å². The number of hydrogen-bond donors (Lipinski definition) is 6. The van der Waals surface area contributed by atoms with E-state index in [-0.39, 0.29) is 11.4 Å². The Morgan fingerprint density at radius 2 is 1.68 bits per heavy atom. The van der Waals surface area contributed by atoms with E-state index in [9.17, 15) is 14.7 Å². The number of carboxylic acid groups (broad SMARTS) is 1. The van der Waals surface area contributed by atoms with Crippen molar-refractivity contribution in [1.29, 1.82) is 5.41 Å². The monoisotopic (exact) mass is 533 g/mol. The molecule has 202 valence electrons. The average molecular weight is 534 g/mol. The lowest BCUT2D eigenvalue weighted by atomic mass is 9.67. The van der Waals surface area contributed by atoms with Crippen molar-refractivity contribution in [1.82, 2.24) is 5.32 Å². The molecule has 0 fully saturated rings. The summed E-state index contributed by atoms with van der Waals surface area (Å²) in [6, 6.07) is 27.5. The van der Waals surface area contributed by atoms with Crippen LogP contribution in [0.1, 0.15) is 52.0 Å². The van der Waals surface area contributed by atoms with E-state index in [0.29, 0.717) is 28.8 Å². The van der Waals surface area contributed by atoms with Crippen LogP contribution < -0.4 is 21.7 Å². The molecule has 8 heteroatoms. The number of nitrogens with one attached hydrogen (secondary N) is 4. The number of nitrogens with two attached hydrogens (primary N) is 1. The molecule has 2 unspecified atom stereocenters. The predicted molar refractivity (Wildman–Crippen MR) is 158 cm³/mol. The molecule has 2 atom stereocenters. The summed E-state index contributed by atoms with van der Waals surface area (Å²) >= 11 is 0. The van der Waals surface area contributed by atoms with Crippen LogP contribution in [-0.2, 0) is 5.41 Å². The summed E-state index contributed by atoms with van der Waals surface area (Å²) < 4.78 is 0. The highest BCUT2D eigenvalue weighted by molar-refractivity contribution is 6.02. The minimum absolute atomic E-state index is 0.0267. The standard InChI is InChI=1S/C32H31N5O3/c1-32(21-11-7-4-8-12-21)18-26(36-24-15-13-20(29(33)34)17-23(24)32)28-25(37-31(40)35-2)16-14-22(27(28)30(38)39)19-9-5-3-6-10-19/h3-17,26,36H,18H2,1-2H3,(H3,33,34)(H,38,39)(H2,35,37,40). The van der Waals surface area contributed by atoms with E-state index < -0.39 is 23.5 Å². The third-order valence-corrected chi connectivity index (χ3v) is 7.65. The first-order valence-corrected chi connectivity index (χ1v) is 13.0. The molecule has 0 aliphatic carbocycles. The third kappa shape index (κ3) is 4.75. The van der Waals surface area contributed by atoms with Crippen molar-refractivity contribution in [2.45, 2.75) is 24.8 Å². The van der Waals surface area contributed by atoms with Gasteiger partial charge in [0.25, 0.3) is 0 Å². The van der Waals surface area contributed by atoms with Crippen molar-refractivity contribution in [2.75, 3.05) is 17.7 Å². The molecule has 4 aromatic carbocycles. The fourth-order valence-electron chi connectivity index (χ4n) is 5.67. The highest BCUT2D eigenvalue weighted by Crippen LogP contribution is 2.50. The lowest BCUT2D eigenvalue weighted by molar-refractivity contribution is 0.0696. The van der Waals surface area contributed by atoms with Gasteiger partial charge in [0.05, 0.1) is 11.6 Å². The Hall–Kier alpha value is -5.11. The number of aromatic carboxylic acids is 1. The van der Waals surface area contributed by atoms with E-state index in [4.69, 9.17) is 11.1 Å². The SMILES string of the molecule is CNC(=O)Nc1ccc(-c2ccccc2)c(C(=O)O)c1C1CC(C)(c2ccccc2)c2cc(C(=N)N)ccc2N1. The third-order valence-electron chi connectivity index (χ3n) is 7.65. The zero-order valence-electron chi connectivity index (χ0n) is 22.3. The van der Waals surface area contributed by atoms with E-state index >= 15 is 0 Å². The maximum atomic E-state index is 13.0. The average Bonchev–Trinajstić information content (AvgIpc) is 2.97. The van der Waals surface area contributed by atoms with E-state index in [1.54, 1.807) is 18.2 Å². The highest BCUT2D eigenvalue weighted by atomic mass is 16.4. The zero-order valence-corrected chi connectivity index (χ0v) is 22.3. The van der Waals surface area contributed by atoms with Gasteiger partial charge in [-0.1, -0.05) is 73.7 Å². The molecule has 0 bridgehead atoms. The molecule has 4 aromatic rings. The van der Waals surface area contributed by atoms with Crippen molar-refractivity contribution in [2.24, 2.45) is 5.73 Å². The number of benzene rings is 4. The van der Waals surface area contributed by atoms with Gasteiger partial charge in [-0.25, -0.2) is 9.59 Å². The molecule has 1 aliphatic heterocycles. The van der Waals surface area contributed by atoms with Crippen LogP contribution in [0.2, 0.25) is 0 Å². The maximum absolute atomic E-state index is 13.0. The molecular formula is C32H31N5O3. The van der Waals surface area contributed by atoms with Crippen LogP contribution in [0.15, 0.2) is 91.0 Å². The van der Waals surface area contributed by atoms with Gasteiger partial charge < -0.3 is 26.8 Å². The fourth-order valence-corrected chi connectivity index (χ4v) is 5.67. The van der Waals surface area contributed by atoms with Crippen LogP contribution >= 0.6 is 0 Å². The second-order valence-electron chi connectivity index (χ2n) is 10.1. The van der Waals surface area contributed by atoms with E-state index in [0.717, 1.165) is 22.4 Å². The molecule has 1 aliphatic rings. The summed E-state index contributed by atoms with van der Waals surface area (Å²) in [4.78, 5) is 25.4. The summed E-state index contributed by atoms with van der Waals surface area (Å²) in [5, 5.41) is 27.6. The first-order chi connectivity index (χ1) is 19.2. The number of carboxylic acids is 1. The molecular weight excluding hydrogens is 502 g/mol. The summed E-state index contributed by atoms with van der Waals surface area (Å²) in [6.45, 7) is 2.12. The van der Waals surface area contributed by atoms with Crippen LogP contribution in [-0.4, -0.2) is 30.0 Å². The number of carbonyl (C=O) groups is 2. The Bertz CT molecular complexity index is 1600. The second-order valence-corrected chi connectivity index (χ2v) is 10.1. The number of rotatable bonds is 6. The van der Waals surface area contributed by atoms with Crippen LogP contribution in [0, 0.1) is 5.41 Å². The fraction of sp³-hybridized carbons (Fsp3) is 0.156. The summed E-state index contributed by atoms with van der Waals surface area (Å²) in [5.74, 6) is -1.11. The van der Waals surface area contributed by atoms with Gasteiger partial charge in [0.15, 0.2) is 0 Å². The lowest BCUT2D eigenvalue weighted by Crippen LogP contribution is -2.36. The molecule has 0 saturated carbocycles. The van der Waals surface area contributed by atoms with E-state index in [1.807, 2.05) is 60.7 Å². The minimum atomic E-state index is -1.09. The van der Waals surface area contributed by atoms with Gasteiger partial charge in [0, 0.05) is 35.0 Å². The van der Waals surface area contributed by atoms with Gasteiger partial charge in [-0.05, 0) is 52.9 Å².